The van der Waals surface area contributed by atoms with Crippen molar-refractivity contribution in [2.75, 3.05) is 79.8 Å². The van der Waals surface area contributed by atoms with E-state index in [9.17, 15) is 47.0 Å². The van der Waals surface area contributed by atoms with E-state index >= 15 is 0 Å². The first kappa shape index (κ1) is 61.9. The largest absolute Gasteiger partial charge is 0.433 e. The average molecular weight is 1260 g/mol. The molecule has 2 saturated carbocycles. The molecular formula is C67H76F3N13O7S. The summed E-state index contributed by atoms with van der Waals surface area (Å²) in [5.41, 5.74) is 7.60. The number of anilines is 5. The van der Waals surface area contributed by atoms with Crippen LogP contribution in [0.3, 0.4) is 0 Å². The molecule has 2 unspecified atom stereocenters. The van der Waals surface area contributed by atoms with Gasteiger partial charge in [-0.25, -0.2) is 19.9 Å². The first-order valence-electron chi connectivity index (χ1n) is 32.0. The summed E-state index contributed by atoms with van der Waals surface area (Å²) in [4.78, 5) is 105. The number of aliphatic hydroxyl groups is 1. The summed E-state index contributed by atoms with van der Waals surface area (Å²) in [6.07, 6.45) is 8.62. The van der Waals surface area contributed by atoms with E-state index < -0.39 is 64.7 Å². The molecule has 20 nitrogen and oxygen atoms in total. The number of imide groups is 2. The van der Waals surface area contributed by atoms with Crippen LogP contribution in [0.2, 0.25) is 0 Å². The number of primary amides is 1. The Morgan fingerprint density at radius 1 is 0.824 bits per heavy atom. The van der Waals surface area contributed by atoms with Crippen molar-refractivity contribution in [2.24, 2.45) is 28.9 Å². The van der Waals surface area contributed by atoms with Gasteiger partial charge in [0.05, 0.1) is 38.1 Å². The summed E-state index contributed by atoms with van der Waals surface area (Å²) in [7, 11) is 0. The zero-order chi connectivity index (χ0) is 63.5. The van der Waals surface area contributed by atoms with Crippen molar-refractivity contribution in [2.45, 2.75) is 127 Å². The second-order valence-corrected chi connectivity index (χ2v) is 27.9. The van der Waals surface area contributed by atoms with Crippen molar-refractivity contribution in [1.82, 2.24) is 40.0 Å². The summed E-state index contributed by atoms with van der Waals surface area (Å²) in [6, 6.07) is 19.2. The Morgan fingerprint density at radius 2 is 1.56 bits per heavy atom. The number of pyridine rings is 1. The van der Waals surface area contributed by atoms with Crippen LogP contribution in [-0.2, 0) is 21.4 Å². The van der Waals surface area contributed by atoms with Gasteiger partial charge in [-0.2, -0.15) is 13.2 Å². The molecule has 3 aromatic heterocycles. The Hall–Kier alpha value is -7.93. The zero-order valence-corrected chi connectivity index (χ0v) is 51.9. The van der Waals surface area contributed by atoms with Crippen LogP contribution in [0.1, 0.15) is 173 Å². The van der Waals surface area contributed by atoms with Crippen LogP contribution in [0.4, 0.5) is 41.9 Å². The maximum atomic E-state index is 14.1. The standard InChI is InChI=1S/C67H76F3N13O7S/c1-65(2,90)46-28-50-52(29-49(46)76-60(86)48-10-7-11-53(75-48)67(68,69)70)91-62(77-50)41-14-12-38(13-15-41)34-81-36-66(37-81)30-42(31-66)43(32-72-47-9-6-8-45-56(47)64(89)83(63(45)88)51-20-21-55(84)79-61(51)87)35-80-26-22-40(23-27-80)39-16-18-44(19-17-39)74-59-57(58(71)85)73-33-54(78-59)82-24-4-3-5-25-82/h6-11,16-19,28-29,33,38,40-43,51,72,90H,3-5,12-15,20-27,30-32,34-37H2,1-2H3,(H2,71,85)(H,74,78)(H,76,86)(H,79,84,87). The monoisotopic (exact) mass is 1260 g/mol. The van der Waals surface area contributed by atoms with Crippen LogP contribution in [0.25, 0.3) is 10.2 Å². The lowest BCUT2D eigenvalue weighted by Crippen LogP contribution is -2.64. The Bertz CT molecular complexity index is 3800. The molecule has 8 heterocycles. The number of hydrogen-bond acceptors (Lipinski definition) is 17. The van der Waals surface area contributed by atoms with Gasteiger partial charge in [0.15, 0.2) is 11.5 Å². The number of amides is 6. The van der Waals surface area contributed by atoms with Crippen molar-refractivity contribution >= 4 is 85.7 Å². The van der Waals surface area contributed by atoms with Gasteiger partial charge >= 0.3 is 6.18 Å². The minimum absolute atomic E-state index is 0.0419. The molecule has 91 heavy (non-hydrogen) atoms. The molecule has 13 rings (SSSR count). The van der Waals surface area contributed by atoms with Gasteiger partial charge in [-0.1, -0.05) is 24.3 Å². The Balaban J connectivity index is 0.634. The molecule has 7 N–H and O–H groups in total. The van der Waals surface area contributed by atoms with E-state index in [4.69, 9.17) is 15.7 Å². The van der Waals surface area contributed by atoms with Gasteiger partial charge in [0, 0.05) is 80.8 Å². The quantitative estimate of drug-likeness (QED) is 0.0437. The van der Waals surface area contributed by atoms with Crippen LogP contribution in [0.5, 0.6) is 0 Å². The highest BCUT2D eigenvalue weighted by Crippen LogP contribution is 2.55. The number of fused-ring (bicyclic) bond motifs is 2. The fourth-order valence-corrected chi connectivity index (χ4v) is 16.4. The molecule has 6 aromatic rings. The fraction of sp³-hybridized carbons (Fsp3) is 0.493. The minimum Gasteiger partial charge on any atom is -0.386 e. The SMILES string of the molecule is CC(C)(O)c1cc2nc(C3CCC(CN4CC5(CC(C(CNc6cccc7c6C(=O)N(C6CCC(=O)NC6=O)C7=O)CN6CCC(c7ccc(Nc8nc(N9CCCCC9)cnc8C(N)=O)cc7)CC6)C5)C4)CC3)sc2cc1NC(=O)c1cccc(C(F)(F)F)n1. The number of piperidine rings is 3. The Kier molecular flexibility index (Phi) is 17.0. The van der Waals surface area contributed by atoms with Gasteiger partial charge in [0.2, 0.25) is 11.8 Å². The normalized spacial score (nSPS) is 22.2. The fourth-order valence-electron chi connectivity index (χ4n) is 15.3. The molecule has 2 atom stereocenters. The van der Waals surface area contributed by atoms with E-state index in [0.29, 0.717) is 46.9 Å². The van der Waals surface area contributed by atoms with Gasteiger partial charge in [-0.3, -0.25) is 39.0 Å². The van der Waals surface area contributed by atoms with Crippen LogP contribution in [0, 0.1) is 23.2 Å². The number of nitrogens with one attached hydrogen (secondary N) is 4. The Morgan fingerprint density at radius 3 is 2.26 bits per heavy atom. The maximum Gasteiger partial charge on any atom is 0.433 e. The number of rotatable bonds is 18. The van der Waals surface area contributed by atoms with Crippen LogP contribution < -0.4 is 31.9 Å². The number of nitrogens with two attached hydrogens (primary N) is 1. The van der Waals surface area contributed by atoms with Crippen LogP contribution in [-0.4, -0.2) is 140 Å². The second-order valence-electron chi connectivity index (χ2n) is 26.9. The number of halogens is 3. The number of likely N-dealkylation sites (tertiary alicyclic amines) is 2. The van der Waals surface area contributed by atoms with Crippen molar-refractivity contribution in [3.63, 3.8) is 0 Å². The molecular weight excluding hydrogens is 1190 g/mol. The number of carbonyl (C=O) groups excluding carboxylic acids is 6. The molecule has 24 heteroatoms. The Labute approximate surface area is 529 Å². The molecule has 6 fully saturated rings. The van der Waals surface area contributed by atoms with Crippen molar-refractivity contribution in [1.29, 1.82) is 0 Å². The predicted octanol–water partition coefficient (Wildman–Crippen LogP) is 9.81. The lowest BCUT2D eigenvalue weighted by Gasteiger charge is -2.61. The number of aromatic nitrogens is 4. The molecule has 0 radical (unpaired) electrons. The highest BCUT2D eigenvalue weighted by Gasteiger charge is 2.54. The summed E-state index contributed by atoms with van der Waals surface area (Å²) in [5, 5.41) is 24.1. The van der Waals surface area contributed by atoms with Crippen LogP contribution >= 0.6 is 11.3 Å². The summed E-state index contributed by atoms with van der Waals surface area (Å²) < 4.78 is 41.1. The number of thiazole rings is 1. The lowest BCUT2D eigenvalue weighted by molar-refractivity contribution is -0.141. The van der Waals surface area contributed by atoms with Gasteiger partial charge in [0.25, 0.3) is 23.6 Å². The average Bonchev–Trinajstić information content (AvgIpc) is 1.56. The van der Waals surface area contributed by atoms with E-state index in [1.807, 2.05) is 18.2 Å². The lowest BCUT2D eigenvalue weighted by atomic mass is 9.54. The van der Waals surface area contributed by atoms with Crippen molar-refractivity contribution in [3.8, 4) is 0 Å². The number of nitrogens with zero attached hydrogens (tertiary/aromatic N) is 8. The molecule has 7 aliphatic rings. The second kappa shape index (κ2) is 24.9. The third kappa shape index (κ3) is 13.0. The first-order valence-corrected chi connectivity index (χ1v) is 32.8. The molecule has 478 valence electrons. The molecule has 6 amide bonds. The van der Waals surface area contributed by atoms with Gasteiger partial charge in [-0.05, 0) is 187 Å². The first-order chi connectivity index (χ1) is 43.6. The molecule has 0 bridgehead atoms. The van der Waals surface area contributed by atoms with Crippen molar-refractivity contribution in [3.05, 3.63) is 123 Å². The smallest absolute Gasteiger partial charge is 0.386 e. The van der Waals surface area contributed by atoms with E-state index in [1.165, 1.54) is 18.1 Å². The van der Waals surface area contributed by atoms with E-state index in [-0.39, 0.29) is 52.6 Å². The number of benzene rings is 3. The number of hydrogen-bond donors (Lipinski definition) is 6. The van der Waals surface area contributed by atoms with Crippen molar-refractivity contribution < 1.29 is 47.0 Å². The zero-order valence-electron chi connectivity index (χ0n) is 51.1. The summed E-state index contributed by atoms with van der Waals surface area (Å²) >= 11 is 1.54. The predicted molar refractivity (Wildman–Crippen MR) is 338 cm³/mol. The van der Waals surface area contributed by atoms with Gasteiger partial charge in [-0.15, -0.1) is 11.3 Å². The van der Waals surface area contributed by atoms with E-state index in [2.05, 4.69) is 58.1 Å². The summed E-state index contributed by atoms with van der Waals surface area (Å²) in [5.74, 6) is -0.692. The molecule has 4 saturated heterocycles. The van der Waals surface area contributed by atoms with E-state index in [1.54, 1.807) is 55.6 Å². The van der Waals surface area contributed by atoms with Gasteiger partial charge < -0.3 is 41.5 Å². The third-order valence-electron chi connectivity index (χ3n) is 20.0. The topological polar surface area (TPSA) is 261 Å². The minimum atomic E-state index is -4.71. The number of carbonyl (C=O) groups is 6. The number of alkyl halides is 3. The molecule has 5 aliphatic heterocycles. The third-order valence-corrected chi connectivity index (χ3v) is 21.2. The highest BCUT2D eigenvalue weighted by molar-refractivity contribution is 7.18. The molecule has 2 aliphatic carbocycles. The summed E-state index contributed by atoms with van der Waals surface area (Å²) in [6.45, 7) is 11.4. The molecule has 3 aromatic carbocycles. The van der Waals surface area contributed by atoms with Crippen LogP contribution in [0.15, 0.2) is 79.0 Å². The van der Waals surface area contributed by atoms with Gasteiger partial charge in [0.1, 0.15) is 23.2 Å². The maximum absolute atomic E-state index is 14.1. The van der Waals surface area contributed by atoms with E-state index in [0.717, 1.165) is 155 Å². The molecule has 1 spiro atoms. The highest BCUT2D eigenvalue weighted by atomic mass is 32.1.